The molecule has 2 N–H and O–H groups in total. The number of aliphatic carboxylic acids is 1. The molecule has 8 nitrogen and oxygen atoms in total. The maximum Gasteiger partial charge on any atom is 0.304 e. The molecule has 3 aromatic heterocycles. The number of hydrogen-bond donors (Lipinski definition) is 2. The minimum Gasteiger partial charge on any atom is -0.481 e. The normalized spacial score (nSPS) is 14.5. The van der Waals surface area contributed by atoms with E-state index in [1.807, 2.05) is 30.6 Å². The molecular formula is C29H31FN4O4S. The van der Waals surface area contributed by atoms with E-state index >= 15 is 0 Å². The highest BCUT2D eigenvalue weighted by Gasteiger charge is 2.31. The first kappa shape index (κ1) is 26.8. The van der Waals surface area contributed by atoms with Crippen molar-refractivity contribution in [2.75, 3.05) is 18.8 Å². The smallest absolute Gasteiger partial charge is 0.304 e. The molecule has 4 aromatic rings. The van der Waals surface area contributed by atoms with Crippen molar-refractivity contribution in [3.05, 3.63) is 47.6 Å². The molecule has 1 fully saturated rings. The highest BCUT2D eigenvalue weighted by atomic mass is 32.1. The molecule has 1 unspecified atom stereocenters. The number of anilines is 1. The second kappa shape index (κ2) is 11.5. The van der Waals surface area contributed by atoms with Crippen molar-refractivity contribution in [1.29, 1.82) is 0 Å². The number of carboxylic acids is 1. The Hall–Kier alpha value is -3.79. The summed E-state index contributed by atoms with van der Waals surface area (Å²) >= 11 is 1.30. The van der Waals surface area contributed by atoms with Gasteiger partial charge in [-0.05, 0) is 54.7 Å². The molecule has 39 heavy (non-hydrogen) atoms. The van der Waals surface area contributed by atoms with Crippen molar-refractivity contribution in [2.24, 2.45) is 11.8 Å². The summed E-state index contributed by atoms with van der Waals surface area (Å²) in [4.78, 5) is 38.9. The van der Waals surface area contributed by atoms with Crippen LogP contribution in [0.4, 0.5) is 9.52 Å². The van der Waals surface area contributed by atoms with E-state index in [0.717, 1.165) is 59.0 Å². The number of aryl methyl sites for hydroxylation is 1. The average Bonchev–Trinajstić information content (AvgIpc) is 3.70. The molecular weight excluding hydrogens is 519 g/mol. The van der Waals surface area contributed by atoms with Crippen LogP contribution < -0.4 is 9.64 Å². The average molecular weight is 551 g/mol. The van der Waals surface area contributed by atoms with Gasteiger partial charge in [0, 0.05) is 47.3 Å². The number of H-pyrrole nitrogens is 1. The van der Waals surface area contributed by atoms with Gasteiger partial charge in [-0.15, -0.1) is 11.3 Å². The van der Waals surface area contributed by atoms with E-state index in [9.17, 15) is 19.1 Å². The summed E-state index contributed by atoms with van der Waals surface area (Å²) in [5, 5.41) is 12.8. The number of nitrogens with zero attached hydrogens (tertiary/aromatic N) is 3. The van der Waals surface area contributed by atoms with Crippen molar-refractivity contribution in [1.82, 2.24) is 15.0 Å². The van der Waals surface area contributed by atoms with Gasteiger partial charge in [0.2, 0.25) is 12.8 Å². The van der Waals surface area contributed by atoms with Crippen LogP contribution in [0.15, 0.2) is 42.0 Å². The predicted octanol–water partition coefficient (Wildman–Crippen LogP) is 6.60. The first-order valence-corrected chi connectivity index (χ1v) is 13.9. The van der Waals surface area contributed by atoms with Crippen LogP contribution in [0.1, 0.15) is 44.1 Å². The first-order chi connectivity index (χ1) is 18.9. The molecule has 1 saturated carbocycles. The van der Waals surface area contributed by atoms with Crippen molar-refractivity contribution >= 4 is 39.4 Å². The minimum atomic E-state index is -0.975. The van der Waals surface area contributed by atoms with Crippen LogP contribution in [-0.4, -0.2) is 45.8 Å². The van der Waals surface area contributed by atoms with Crippen LogP contribution in [-0.2, 0) is 9.59 Å². The summed E-state index contributed by atoms with van der Waals surface area (Å²) in [6, 6.07) is 7.29. The molecule has 10 heteroatoms. The lowest BCUT2D eigenvalue weighted by Crippen LogP contribution is -2.35. The third-order valence-electron chi connectivity index (χ3n) is 7.61. The Morgan fingerprint density at radius 3 is 2.77 bits per heavy atom. The third-order valence-corrected chi connectivity index (χ3v) is 8.52. The number of aromatic amines is 1. The van der Waals surface area contributed by atoms with Crippen molar-refractivity contribution in [3.8, 4) is 28.1 Å². The zero-order valence-corrected chi connectivity index (χ0v) is 22.8. The van der Waals surface area contributed by atoms with E-state index in [2.05, 4.69) is 9.97 Å². The number of carbonyl (C=O) groups is 2. The van der Waals surface area contributed by atoms with Crippen LogP contribution in [0, 0.1) is 18.8 Å². The number of aromatic nitrogens is 3. The summed E-state index contributed by atoms with van der Waals surface area (Å²) < 4.78 is 18.2. The zero-order valence-electron chi connectivity index (χ0n) is 21.9. The van der Waals surface area contributed by atoms with E-state index in [4.69, 9.17) is 9.72 Å². The lowest BCUT2D eigenvalue weighted by atomic mass is 9.90. The maximum atomic E-state index is 13.4. The van der Waals surface area contributed by atoms with Gasteiger partial charge >= 0.3 is 5.97 Å². The summed E-state index contributed by atoms with van der Waals surface area (Å²) in [6.45, 7) is 1.06. The number of ether oxygens (including phenoxy) is 1. The van der Waals surface area contributed by atoms with Gasteiger partial charge in [-0.1, -0.05) is 25.7 Å². The quantitative estimate of drug-likeness (QED) is 0.230. The van der Waals surface area contributed by atoms with E-state index in [0.29, 0.717) is 28.9 Å². The molecule has 5 rings (SSSR count). The van der Waals surface area contributed by atoms with Gasteiger partial charge in [0.25, 0.3) is 0 Å². The van der Waals surface area contributed by atoms with E-state index in [1.165, 1.54) is 16.2 Å². The molecule has 1 atom stereocenters. The van der Waals surface area contributed by atoms with Gasteiger partial charge in [-0.2, -0.15) is 0 Å². The largest absolute Gasteiger partial charge is 0.481 e. The zero-order chi connectivity index (χ0) is 27.5. The Bertz CT molecular complexity index is 1490. The van der Waals surface area contributed by atoms with E-state index in [1.54, 1.807) is 25.4 Å². The Labute approximate surface area is 229 Å². The van der Waals surface area contributed by atoms with E-state index in [-0.39, 0.29) is 12.3 Å². The fourth-order valence-electron chi connectivity index (χ4n) is 5.58. The third kappa shape index (κ3) is 5.66. The first-order valence-electron chi connectivity index (χ1n) is 13.1. The number of benzene rings is 1. The fraction of sp³-hybridized carbons (Fsp3) is 0.379. The molecule has 1 aromatic carbocycles. The second-order valence-electron chi connectivity index (χ2n) is 10.1. The fourth-order valence-corrected chi connectivity index (χ4v) is 6.37. The number of carbonyl (C=O) groups excluding carboxylic acids is 1. The standard InChI is InChI=1S/C29H31FN4O4S/c1-17-21-9-10-31-27(21)32-14-24(17)22-8-7-20(38-16-30)13-23(22)25-15-39-29(33-25)34(2)28(37)19(12-26(35)36)11-18-5-3-4-6-18/h7-10,13-15,18-19H,3-6,11-12,16H2,1-2H3,(H,31,32)(H,35,36). The Morgan fingerprint density at radius 2 is 2.03 bits per heavy atom. The van der Waals surface area contributed by atoms with Crippen LogP contribution in [0.25, 0.3) is 33.4 Å². The number of rotatable bonds is 10. The number of fused-ring (bicyclic) bond motifs is 1. The summed E-state index contributed by atoms with van der Waals surface area (Å²) in [5.41, 5.74) is 4.91. The van der Waals surface area contributed by atoms with E-state index < -0.39 is 18.7 Å². The van der Waals surface area contributed by atoms with Gasteiger partial charge < -0.3 is 14.8 Å². The summed E-state index contributed by atoms with van der Waals surface area (Å²) in [6.07, 6.45) is 8.36. The molecule has 0 bridgehead atoms. The lowest BCUT2D eigenvalue weighted by Gasteiger charge is -2.23. The van der Waals surface area contributed by atoms with Gasteiger partial charge in [-0.3, -0.25) is 14.5 Å². The van der Waals surface area contributed by atoms with Crippen LogP contribution in [0.5, 0.6) is 5.75 Å². The minimum absolute atomic E-state index is 0.196. The van der Waals surface area contributed by atoms with Crippen LogP contribution >= 0.6 is 11.3 Å². The van der Waals surface area contributed by atoms with Crippen LogP contribution in [0.2, 0.25) is 0 Å². The van der Waals surface area contributed by atoms with Crippen molar-refractivity contribution in [2.45, 2.75) is 45.4 Å². The van der Waals surface area contributed by atoms with Crippen LogP contribution in [0.3, 0.4) is 0 Å². The van der Waals surface area contributed by atoms with Crippen molar-refractivity contribution < 1.29 is 23.8 Å². The summed E-state index contributed by atoms with van der Waals surface area (Å²) in [5.74, 6) is -1.06. The number of hydrogen-bond acceptors (Lipinski definition) is 6. The molecule has 0 saturated heterocycles. The lowest BCUT2D eigenvalue weighted by molar-refractivity contribution is -0.140. The number of pyridine rings is 1. The number of carboxylic acid groups (broad SMARTS) is 1. The predicted molar refractivity (Wildman–Crippen MR) is 150 cm³/mol. The topological polar surface area (TPSA) is 108 Å². The molecule has 1 aliphatic rings. The SMILES string of the molecule is Cc1c(-c2ccc(OCF)cc2-c2csc(N(C)C(=O)C(CC(=O)O)CC3CCCC3)n2)cnc2[nH]ccc12. The number of thiazole rings is 1. The van der Waals surface area contributed by atoms with Gasteiger partial charge in [0.15, 0.2) is 5.13 Å². The molecule has 1 aliphatic carbocycles. The molecule has 0 spiro atoms. The summed E-state index contributed by atoms with van der Waals surface area (Å²) in [7, 11) is 1.64. The number of amides is 1. The second-order valence-corrected chi connectivity index (χ2v) is 10.9. The number of nitrogens with one attached hydrogen (secondary N) is 1. The highest BCUT2D eigenvalue weighted by molar-refractivity contribution is 7.14. The molecule has 0 aliphatic heterocycles. The van der Waals surface area contributed by atoms with Gasteiger partial charge in [0.05, 0.1) is 12.1 Å². The molecule has 1 amide bonds. The Morgan fingerprint density at radius 1 is 1.23 bits per heavy atom. The number of alkyl halides is 1. The maximum absolute atomic E-state index is 13.4. The Balaban J connectivity index is 1.48. The van der Waals surface area contributed by atoms with Gasteiger partial charge in [-0.25, -0.2) is 14.4 Å². The van der Waals surface area contributed by atoms with Crippen molar-refractivity contribution in [3.63, 3.8) is 0 Å². The van der Waals surface area contributed by atoms with Gasteiger partial charge in [0.1, 0.15) is 11.4 Å². The Kier molecular flexibility index (Phi) is 7.92. The monoisotopic (exact) mass is 550 g/mol. The molecule has 0 radical (unpaired) electrons. The highest BCUT2D eigenvalue weighted by Crippen LogP contribution is 2.40. The number of halogens is 1. The molecule has 3 heterocycles. The molecule has 204 valence electrons.